The molecule has 1 aliphatic rings. The van der Waals surface area contributed by atoms with Gasteiger partial charge in [0, 0.05) is 0 Å². The van der Waals surface area contributed by atoms with Crippen molar-refractivity contribution in [3.05, 3.63) is 29.8 Å². The third kappa shape index (κ3) is 0.922. The summed E-state index contributed by atoms with van der Waals surface area (Å²) in [7, 11) is 0. The molecule has 0 aliphatic carbocycles. The molecule has 0 unspecified atom stereocenters. The number of carbonyl (C=O) groups excluding carboxylic acids is 2. The second kappa shape index (κ2) is 2.65. The van der Waals surface area contributed by atoms with Crippen LogP contribution in [0.2, 0.25) is 0 Å². The molecule has 57 valence electrons. The van der Waals surface area contributed by atoms with Gasteiger partial charge in [-0.05, 0) is 0 Å². The SMILES string of the molecule is O=C1C(=O)[N]([Pb])c2ccccc21. The van der Waals surface area contributed by atoms with E-state index in [-0.39, 0.29) is 11.7 Å². The van der Waals surface area contributed by atoms with Crippen LogP contribution in [0.25, 0.3) is 0 Å². The number of anilines is 1. The summed E-state index contributed by atoms with van der Waals surface area (Å²) in [5.41, 5.74) is 1.30. The molecule has 4 heteroatoms. The zero-order valence-corrected chi connectivity index (χ0v) is 9.96. The van der Waals surface area contributed by atoms with Gasteiger partial charge in [-0.3, -0.25) is 0 Å². The predicted octanol–water partition coefficient (Wildman–Crippen LogP) is 0.299. The monoisotopic (exact) mass is 354 g/mol. The van der Waals surface area contributed by atoms with Crippen molar-refractivity contribution >= 4 is 43.4 Å². The standard InChI is InChI=1S/C8H5NO2.Pb/c10-7-5-3-1-2-4-6(5)9-8(7)11;/h1-4H,(H,9,10,11);/q;+1/p-1. The van der Waals surface area contributed by atoms with Crippen LogP contribution < -0.4 is 2.71 Å². The molecular formula is C8H4NO2Pb. The van der Waals surface area contributed by atoms with Crippen LogP contribution in [-0.4, -0.2) is 37.8 Å². The third-order valence-corrected chi connectivity index (χ3v) is 3.51. The first kappa shape index (κ1) is 7.91. The van der Waals surface area contributed by atoms with Gasteiger partial charge in [0.15, 0.2) is 0 Å². The number of benzene rings is 1. The number of carbonyl (C=O) groups is 2. The Morgan fingerprint density at radius 2 is 1.83 bits per heavy atom. The number of hydrogen-bond donors (Lipinski definition) is 0. The Morgan fingerprint density at radius 1 is 1.17 bits per heavy atom. The van der Waals surface area contributed by atoms with Gasteiger partial charge in [0.2, 0.25) is 0 Å². The van der Waals surface area contributed by atoms with E-state index in [0.717, 1.165) is 5.69 Å². The summed E-state index contributed by atoms with van der Waals surface area (Å²) >= 11 is 0.564. The van der Waals surface area contributed by atoms with Crippen LogP contribution in [0, 0.1) is 0 Å². The normalized spacial score (nSPS) is 15.2. The number of Topliss-reactive ketones (excluding diaryl/α,β-unsaturated/α-hetero) is 1. The van der Waals surface area contributed by atoms with Crippen molar-refractivity contribution in [2.24, 2.45) is 0 Å². The molecule has 12 heavy (non-hydrogen) atoms. The molecule has 0 saturated carbocycles. The minimum atomic E-state index is -0.386. The molecule has 1 aromatic rings. The van der Waals surface area contributed by atoms with Crippen LogP contribution in [0.3, 0.4) is 0 Å². The first-order chi connectivity index (χ1) is 5.72. The minimum absolute atomic E-state index is 0.374. The Bertz CT molecular complexity index is 375. The fraction of sp³-hybridized carbons (Fsp3) is 0. The van der Waals surface area contributed by atoms with E-state index in [1.54, 1.807) is 18.2 Å². The van der Waals surface area contributed by atoms with E-state index in [1.165, 1.54) is 2.71 Å². The van der Waals surface area contributed by atoms with Gasteiger partial charge in [-0.15, -0.1) is 0 Å². The average molecular weight is 353 g/mol. The van der Waals surface area contributed by atoms with Crippen LogP contribution in [0.15, 0.2) is 24.3 Å². The van der Waals surface area contributed by atoms with Crippen LogP contribution >= 0.6 is 0 Å². The molecule has 0 bridgehead atoms. The Hall–Kier alpha value is -0.718. The molecule has 0 N–H and O–H groups in total. The van der Waals surface area contributed by atoms with E-state index >= 15 is 0 Å². The summed E-state index contributed by atoms with van der Waals surface area (Å²) < 4.78 is 1.51. The van der Waals surface area contributed by atoms with Gasteiger partial charge in [0.05, 0.1) is 0 Å². The molecular weight excluding hydrogens is 349 g/mol. The summed E-state index contributed by atoms with van der Waals surface area (Å²) in [6.45, 7) is 0. The molecule has 0 saturated heterocycles. The maximum absolute atomic E-state index is 11.2. The van der Waals surface area contributed by atoms with Crippen molar-refractivity contribution in [3.8, 4) is 0 Å². The van der Waals surface area contributed by atoms with Crippen LogP contribution in [-0.2, 0) is 4.79 Å². The van der Waals surface area contributed by atoms with Gasteiger partial charge < -0.3 is 0 Å². The maximum atomic E-state index is 11.2. The molecule has 0 fully saturated rings. The van der Waals surface area contributed by atoms with Crippen LogP contribution in [0.5, 0.6) is 0 Å². The van der Waals surface area contributed by atoms with Gasteiger partial charge in [-0.1, -0.05) is 0 Å². The predicted molar refractivity (Wildman–Crippen MR) is 44.0 cm³/mol. The Labute approximate surface area is 85.5 Å². The van der Waals surface area contributed by atoms with E-state index in [2.05, 4.69) is 0 Å². The van der Waals surface area contributed by atoms with Gasteiger partial charge in [0.25, 0.3) is 0 Å². The van der Waals surface area contributed by atoms with E-state index in [0.29, 0.717) is 31.6 Å². The molecule has 1 heterocycles. The Morgan fingerprint density at radius 3 is 2.50 bits per heavy atom. The summed E-state index contributed by atoms with van der Waals surface area (Å²) in [4.78, 5) is 22.4. The molecule has 1 aromatic carbocycles. The van der Waals surface area contributed by atoms with Crippen molar-refractivity contribution in [2.45, 2.75) is 0 Å². The Balaban J connectivity index is 2.67. The number of nitrogens with zero attached hydrogens (tertiary/aromatic N) is 1. The summed E-state index contributed by atoms with van der Waals surface area (Å²) in [6, 6.07) is 7.08. The fourth-order valence-corrected chi connectivity index (χ4v) is 2.34. The molecule has 3 nitrogen and oxygen atoms in total. The molecule has 0 atom stereocenters. The van der Waals surface area contributed by atoms with E-state index < -0.39 is 0 Å². The number of para-hydroxylation sites is 1. The molecule has 0 aromatic heterocycles. The van der Waals surface area contributed by atoms with Gasteiger partial charge in [0.1, 0.15) is 0 Å². The molecule has 1 amide bonds. The van der Waals surface area contributed by atoms with Gasteiger partial charge in [-0.25, -0.2) is 0 Å². The van der Waals surface area contributed by atoms with Gasteiger partial charge in [-0.2, -0.15) is 0 Å². The summed E-state index contributed by atoms with van der Waals surface area (Å²) in [5, 5.41) is 0. The second-order valence-corrected chi connectivity index (χ2v) is 4.23. The average Bonchev–Trinajstić information content (AvgIpc) is 2.33. The molecule has 3 radical (unpaired) electrons. The molecule has 1 aliphatic heterocycles. The summed E-state index contributed by atoms with van der Waals surface area (Å²) in [5.74, 6) is -0.761. The second-order valence-electron chi connectivity index (χ2n) is 2.49. The molecule has 2 rings (SSSR count). The fourth-order valence-electron chi connectivity index (χ4n) is 1.19. The topological polar surface area (TPSA) is 37.4 Å². The third-order valence-electron chi connectivity index (χ3n) is 1.79. The van der Waals surface area contributed by atoms with Crippen LogP contribution in [0.4, 0.5) is 5.69 Å². The number of ketones is 1. The quantitative estimate of drug-likeness (QED) is 0.497. The number of hydrogen-bond acceptors (Lipinski definition) is 2. The van der Waals surface area contributed by atoms with Crippen molar-refractivity contribution in [1.29, 1.82) is 0 Å². The van der Waals surface area contributed by atoms with Crippen LogP contribution in [0.1, 0.15) is 10.4 Å². The number of fused-ring (bicyclic) bond motifs is 1. The zero-order chi connectivity index (χ0) is 8.72. The van der Waals surface area contributed by atoms with E-state index in [4.69, 9.17) is 0 Å². The van der Waals surface area contributed by atoms with Crippen molar-refractivity contribution < 1.29 is 9.59 Å². The van der Waals surface area contributed by atoms with E-state index in [1.807, 2.05) is 6.07 Å². The summed E-state index contributed by atoms with van der Waals surface area (Å²) in [6.07, 6.45) is 0. The van der Waals surface area contributed by atoms with Crippen molar-refractivity contribution in [3.63, 3.8) is 0 Å². The molecule has 0 spiro atoms. The Kier molecular flexibility index (Phi) is 1.75. The van der Waals surface area contributed by atoms with Crippen molar-refractivity contribution in [1.82, 2.24) is 0 Å². The number of rotatable bonds is 0. The van der Waals surface area contributed by atoms with Gasteiger partial charge >= 0.3 is 85.6 Å². The number of amides is 1. The zero-order valence-electron chi connectivity index (χ0n) is 6.07. The van der Waals surface area contributed by atoms with E-state index in [9.17, 15) is 9.59 Å². The first-order valence-corrected chi connectivity index (χ1v) is 5.14. The first-order valence-electron chi connectivity index (χ1n) is 3.41. The van der Waals surface area contributed by atoms with Crippen molar-refractivity contribution in [2.75, 3.05) is 2.71 Å².